The molecule has 2 aromatic carbocycles. The number of halogens is 1. The van der Waals surface area contributed by atoms with Gasteiger partial charge in [-0.05, 0) is 35.2 Å². The summed E-state index contributed by atoms with van der Waals surface area (Å²) in [5, 5.41) is 22.8. The zero-order chi connectivity index (χ0) is 22.5. The largest absolute Gasteiger partial charge is 0.494 e. The molecule has 172 valence electrons. The van der Waals surface area contributed by atoms with E-state index < -0.39 is 12.2 Å². The monoisotopic (exact) mass is 461 g/mol. The summed E-state index contributed by atoms with van der Waals surface area (Å²) in [6, 6.07) is 9.84. The third kappa shape index (κ3) is 5.23. The van der Waals surface area contributed by atoms with Crippen LogP contribution in [0, 0.1) is 4.91 Å². The first-order valence-corrected chi connectivity index (χ1v) is 11.4. The molecule has 1 saturated heterocycles. The average molecular weight is 462 g/mol. The molecule has 2 aliphatic rings. The number of rotatable bonds is 9. The van der Waals surface area contributed by atoms with Crippen molar-refractivity contribution in [2.75, 3.05) is 26.4 Å². The second-order valence-electron chi connectivity index (χ2n) is 8.28. The molecule has 0 saturated carbocycles. The Balaban J connectivity index is 1.58. The highest BCUT2D eigenvalue weighted by molar-refractivity contribution is 6.33. The van der Waals surface area contributed by atoms with Crippen LogP contribution in [0.3, 0.4) is 0 Å². The van der Waals surface area contributed by atoms with Gasteiger partial charge in [-0.25, -0.2) is 0 Å². The van der Waals surface area contributed by atoms with Crippen molar-refractivity contribution in [3.8, 4) is 11.5 Å². The van der Waals surface area contributed by atoms with E-state index in [-0.39, 0.29) is 19.3 Å². The Morgan fingerprint density at radius 2 is 2.03 bits per heavy atom. The third-order valence-corrected chi connectivity index (χ3v) is 6.34. The normalized spacial score (nSPS) is 22.3. The van der Waals surface area contributed by atoms with Crippen molar-refractivity contribution in [3.63, 3.8) is 0 Å². The van der Waals surface area contributed by atoms with E-state index in [0.29, 0.717) is 49.7 Å². The van der Waals surface area contributed by atoms with E-state index >= 15 is 0 Å². The van der Waals surface area contributed by atoms with Crippen LogP contribution in [0.1, 0.15) is 47.6 Å². The van der Waals surface area contributed by atoms with Crippen molar-refractivity contribution in [3.05, 3.63) is 62.5 Å². The van der Waals surface area contributed by atoms with Gasteiger partial charge in [0.1, 0.15) is 18.0 Å². The lowest BCUT2D eigenvalue weighted by atomic mass is 9.89. The molecule has 0 aromatic heterocycles. The van der Waals surface area contributed by atoms with Crippen molar-refractivity contribution in [2.45, 2.75) is 50.4 Å². The van der Waals surface area contributed by atoms with Gasteiger partial charge in [0, 0.05) is 37.9 Å². The van der Waals surface area contributed by atoms with Crippen LogP contribution in [-0.2, 0) is 17.6 Å². The molecule has 2 heterocycles. The molecular formula is C24H28ClNO6. The molecule has 2 aliphatic heterocycles. The fraction of sp³-hybridized carbons (Fsp3) is 0.500. The molecular weight excluding hydrogens is 434 g/mol. The van der Waals surface area contributed by atoms with Crippen LogP contribution in [0.15, 0.2) is 35.5 Å². The number of fused-ring (bicyclic) bond motifs is 1. The first-order chi connectivity index (χ1) is 15.6. The Bertz CT molecular complexity index is 935. The van der Waals surface area contributed by atoms with Crippen molar-refractivity contribution in [1.29, 1.82) is 0 Å². The highest BCUT2D eigenvalue weighted by atomic mass is 35.5. The van der Waals surface area contributed by atoms with Gasteiger partial charge in [-0.3, -0.25) is 0 Å². The van der Waals surface area contributed by atoms with E-state index in [1.165, 1.54) is 0 Å². The zero-order valence-corrected chi connectivity index (χ0v) is 18.6. The summed E-state index contributed by atoms with van der Waals surface area (Å²) < 4.78 is 17.6. The molecule has 8 heteroatoms. The van der Waals surface area contributed by atoms with Gasteiger partial charge in [-0.1, -0.05) is 35.0 Å². The summed E-state index contributed by atoms with van der Waals surface area (Å²) in [6.45, 7) is 1.16. The van der Waals surface area contributed by atoms with Crippen LogP contribution in [0.5, 0.6) is 11.5 Å². The van der Waals surface area contributed by atoms with Crippen LogP contribution in [-0.4, -0.2) is 48.8 Å². The number of nitroso groups, excluding NO2 is 1. The maximum atomic E-state index is 10.7. The van der Waals surface area contributed by atoms with E-state index in [2.05, 4.69) is 11.2 Å². The number of hydrogen-bond donors (Lipinski definition) is 2. The number of benzene rings is 2. The molecule has 0 radical (unpaired) electrons. The van der Waals surface area contributed by atoms with Gasteiger partial charge in [-0.15, -0.1) is 0 Å². The number of hydrogen-bond acceptors (Lipinski definition) is 7. The molecule has 0 aliphatic carbocycles. The minimum atomic E-state index is -0.545. The highest BCUT2D eigenvalue weighted by Gasteiger charge is 2.34. The van der Waals surface area contributed by atoms with Gasteiger partial charge in [0.05, 0.1) is 36.5 Å². The Kier molecular flexibility index (Phi) is 7.63. The summed E-state index contributed by atoms with van der Waals surface area (Å²) in [6.07, 6.45) is 1.53. The van der Waals surface area contributed by atoms with E-state index in [4.69, 9.17) is 30.9 Å². The zero-order valence-electron chi connectivity index (χ0n) is 17.8. The predicted molar refractivity (Wildman–Crippen MR) is 121 cm³/mol. The van der Waals surface area contributed by atoms with Gasteiger partial charge >= 0.3 is 0 Å². The minimum Gasteiger partial charge on any atom is -0.494 e. The second kappa shape index (κ2) is 10.6. The van der Waals surface area contributed by atoms with Crippen LogP contribution in [0.2, 0.25) is 5.02 Å². The van der Waals surface area contributed by atoms with Crippen molar-refractivity contribution in [1.82, 2.24) is 0 Å². The van der Waals surface area contributed by atoms with Gasteiger partial charge in [0.15, 0.2) is 0 Å². The highest BCUT2D eigenvalue weighted by Crippen LogP contribution is 2.44. The molecule has 0 spiro atoms. The number of nitrogens with zero attached hydrogens (tertiary/aromatic N) is 1. The van der Waals surface area contributed by atoms with Gasteiger partial charge in [0.2, 0.25) is 0 Å². The molecule has 0 bridgehead atoms. The second-order valence-corrected chi connectivity index (χ2v) is 8.65. The molecule has 32 heavy (non-hydrogen) atoms. The number of aliphatic hydroxyl groups excluding tert-OH is 2. The Morgan fingerprint density at radius 3 is 2.78 bits per heavy atom. The number of ether oxygens (including phenoxy) is 3. The lowest BCUT2D eigenvalue weighted by Crippen LogP contribution is -2.33. The summed E-state index contributed by atoms with van der Waals surface area (Å²) in [5.74, 6) is 1.45. The number of aliphatic hydroxyl groups is 2. The van der Waals surface area contributed by atoms with E-state index in [1.54, 1.807) is 0 Å². The summed E-state index contributed by atoms with van der Waals surface area (Å²) in [4.78, 5) is 10.7. The molecule has 0 unspecified atom stereocenters. The van der Waals surface area contributed by atoms with Crippen LogP contribution < -0.4 is 9.47 Å². The summed E-state index contributed by atoms with van der Waals surface area (Å²) in [7, 11) is 0. The van der Waals surface area contributed by atoms with Crippen molar-refractivity contribution in [2.24, 2.45) is 5.18 Å². The fourth-order valence-corrected chi connectivity index (χ4v) is 4.69. The standard InChI is InChI=1S/C24H28ClNO6/c25-23-16(10-15-2-4-18(5-3-15)30-8-1-7-27)11-21(20-6-9-31-24(20)23)22-13-17(28)12-19(32-22)14-26-29/h2-5,11,17,19,22,27-28H,1,6-10,12-14H2/t17-,19-,22+/m0/s1. The first kappa shape index (κ1) is 23.0. The van der Waals surface area contributed by atoms with Crippen molar-refractivity contribution < 1.29 is 24.4 Å². The smallest absolute Gasteiger partial charge is 0.141 e. The minimum absolute atomic E-state index is 0.0272. The van der Waals surface area contributed by atoms with E-state index in [9.17, 15) is 10.0 Å². The summed E-state index contributed by atoms with van der Waals surface area (Å²) >= 11 is 6.72. The van der Waals surface area contributed by atoms with Crippen molar-refractivity contribution >= 4 is 11.6 Å². The molecule has 2 N–H and O–H groups in total. The molecule has 1 fully saturated rings. The molecule has 0 amide bonds. The van der Waals surface area contributed by atoms with E-state index in [1.807, 2.05) is 24.3 Å². The Labute approximate surface area is 192 Å². The van der Waals surface area contributed by atoms with Crippen LogP contribution in [0.4, 0.5) is 0 Å². The third-order valence-electron chi connectivity index (χ3n) is 5.92. The lowest BCUT2D eigenvalue weighted by Gasteiger charge is -2.33. The van der Waals surface area contributed by atoms with Gasteiger partial charge in [0.25, 0.3) is 0 Å². The molecule has 7 nitrogen and oxygen atoms in total. The Morgan fingerprint density at radius 1 is 1.22 bits per heavy atom. The maximum absolute atomic E-state index is 10.7. The van der Waals surface area contributed by atoms with Crippen LogP contribution >= 0.6 is 11.6 Å². The predicted octanol–water partition coefficient (Wildman–Crippen LogP) is 3.97. The quantitative estimate of drug-likeness (QED) is 0.433. The summed E-state index contributed by atoms with van der Waals surface area (Å²) in [5.41, 5.74) is 3.97. The Hall–Kier alpha value is -2.19. The topological polar surface area (TPSA) is 97.6 Å². The lowest BCUT2D eigenvalue weighted by molar-refractivity contribution is -0.0933. The maximum Gasteiger partial charge on any atom is 0.141 e. The van der Waals surface area contributed by atoms with Crippen LogP contribution in [0.25, 0.3) is 0 Å². The molecule has 2 aromatic rings. The average Bonchev–Trinajstić information content (AvgIpc) is 3.27. The SMILES string of the molecule is O=NC[C@@H]1C[C@H](O)C[C@H](c2cc(Cc3ccc(OCCCO)cc3)c(Cl)c3c2CCO3)O1. The van der Waals surface area contributed by atoms with Gasteiger partial charge in [-0.2, -0.15) is 4.91 Å². The molecule has 4 rings (SSSR count). The first-order valence-electron chi connectivity index (χ1n) is 11.0. The fourth-order valence-electron chi connectivity index (χ4n) is 4.40. The van der Waals surface area contributed by atoms with Gasteiger partial charge < -0.3 is 24.4 Å². The molecule has 3 atom stereocenters. The van der Waals surface area contributed by atoms with E-state index in [0.717, 1.165) is 34.4 Å².